The fourth-order valence-corrected chi connectivity index (χ4v) is 11.7. The largest absolute Gasteiger partial charge is 0.376 e. The van der Waals surface area contributed by atoms with Crippen LogP contribution in [0.2, 0.25) is 0 Å². The van der Waals surface area contributed by atoms with Gasteiger partial charge in [0, 0.05) is 34.0 Å². The monoisotopic (exact) mass is 806 g/mol. The zero-order valence-corrected chi connectivity index (χ0v) is 38.2. The Hall–Kier alpha value is -5.80. The second-order valence-corrected chi connectivity index (χ2v) is 21.6. The number of nitrogens with zero attached hydrogens (tertiary/aromatic N) is 2. The quantitative estimate of drug-likeness (QED) is 0.164. The Morgan fingerprint density at radius 3 is 1.55 bits per heavy atom. The molecule has 0 unspecified atom stereocenters. The fraction of sp³-hybridized carbons (Fsp3) is 0.288. The van der Waals surface area contributed by atoms with Crippen LogP contribution in [-0.2, 0) is 21.7 Å². The van der Waals surface area contributed by atoms with Gasteiger partial charge < -0.3 is 9.71 Å². The molecule has 2 aliphatic carbocycles. The van der Waals surface area contributed by atoms with Gasteiger partial charge in [0.15, 0.2) is 0 Å². The van der Waals surface area contributed by atoms with Crippen LogP contribution in [0.1, 0.15) is 109 Å². The second-order valence-electron chi connectivity index (χ2n) is 21.6. The van der Waals surface area contributed by atoms with Crippen LogP contribution in [-0.4, -0.2) is 6.85 Å². The maximum Gasteiger partial charge on any atom is 0.333 e. The molecule has 0 bridgehead atoms. The minimum Gasteiger partial charge on any atom is -0.376 e. The highest BCUT2D eigenvalue weighted by atomic mass is 15.2. The van der Waals surface area contributed by atoms with E-state index >= 15 is 0 Å². The first kappa shape index (κ1) is 39.1. The van der Waals surface area contributed by atoms with Crippen molar-refractivity contribution in [3.8, 4) is 33.4 Å². The minimum atomic E-state index is -0.0329. The van der Waals surface area contributed by atoms with Crippen molar-refractivity contribution in [2.75, 3.05) is 9.71 Å². The van der Waals surface area contributed by atoms with Crippen LogP contribution in [0.25, 0.3) is 33.4 Å². The van der Waals surface area contributed by atoms with Gasteiger partial charge in [0.1, 0.15) is 0 Å². The number of hydrogen-bond donors (Lipinski definition) is 0. The summed E-state index contributed by atoms with van der Waals surface area (Å²) in [6.07, 6.45) is 4.73. The summed E-state index contributed by atoms with van der Waals surface area (Å²) >= 11 is 0. The van der Waals surface area contributed by atoms with Crippen molar-refractivity contribution in [3.63, 3.8) is 0 Å². The Morgan fingerprint density at radius 2 is 0.919 bits per heavy atom. The standard InChI is InChI=1S/C59H59BN2/c1-38-32-46-45-34-42(40-18-14-11-15-19-40)22-27-52(45)62(44-25-26-47-48(35-44)57(4,5)29-28-56(47,2)3)60-51-36-49-50(59(8,9)31-30-58(49,6)7)37-53(51)61(54(33-38)55(46)60)43-23-20-41(21-24-43)39-16-12-10-13-17-39/h10-27,32-37H,28-31H2,1-9H3. The number of rotatable bonds is 4. The summed E-state index contributed by atoms with van der Waals surface area (Å²) in [5.74, 6) is 0. The molecule has 0 saturated carbocycles. The highest BCUT2D eigenvalue weighted by molar-refractivity contribution is 6.93. The molecule has 7 aromatic carbocycles. The van der Waals surface area contributed by atoms with Crippen molar-refractivity contribution >= 4 is 46.2 Å². The third kappa shape index (κ3) is 5.98. The lowest BCUT2D eigenvalue weighted by atomic mass is 9.42. The van der Waals surface area contributed by atoms with Gasteiger partial charge in [-0.2, -0.15) is 0 Å². The van der Waals surface area contributed by atoms with Crippen molar-refractivity contribution in [2.24, 2.45) is 0 Å². The Bertz CT molecular complexity index is 2920. The van der Waals surface area contributed by atoms with E-state index in [2.05, 4.69) is 218 Å². The fourth-order valence-electron chi connectivity index (χ4n) is 11.7. The molecule has 0 radical (unpaired) electrons. The highest BCUT2D eigenvalue weighted by Gasteiger charge is 2.48. The molecular weight excluding hydrogens is 747 g/mol. The van der Waals surface area contributed by atoms with Crippen LogP contribution in [0.5, 0.6) is 0 Å². The van der Waals surface area contributed by atoms with Crippen LogP contribution in [0, 0.1) is 6.92 Å². The Morgan fingerprint density at radius 1 is 0.403 bits per heavy atom. The van der Waals surface area contributed by atoms with Gasteiger partial charge in [-0.05, 0) is 169 Å². The normalized spacial score (nSPS) is 18.2. The summed E-state index contributed by atoms with van der Waals surface area (Å²) in [5, 5.41) is 0. The summed E-state index contributed by atoms with van der Waals surface area (Å²) in [6.45, 7) is 22.0. The average Bonchev–Trinajstić information content (AvgIpc) is 3.27. The molecule has 0 fully saturated rings. The van der Waals surface area contributed by atoms with Crippen molar-refractivity contribution in [2.45, 2.75) is 110 Å². The van der Waals surface area contributed by atoms with Crippen LogP contribution in [0.15, 0.2) is 146 Å². The lowest BCUT2D eigenvalue weighted by Gasteiger charge is -2.49. The lowest BCUT2D eigenvalue weighted by Crippen LogP contribution is -2.62. The van der Waals surface area contributed by atoms with E-state index in [0.717, 1.165) is 0 Å². The molecule has 3 heteroatoms. The molecule has 0 atom stereocenters. The summed E-state index contributed by atoms with van der Waals surface area (Å²) in [6, 6.07) is 56.0. The molecule has 11 rings (SSSR count). The van der Waals surface area contributed by atoms with Crippen molar-refractivity contribution in [1.82, 2.24) is 0 Å². The van der Waals surface area contributed by atoms with E-state index in [4.69, 9.17) is 0 Å². The number of aryl methyl sites for hydroxylation is 1. The Labute approximate surface area is 370 Å². The van der Waals surface area contributed by atoms with Crippen LogP contribution in [0.4, 0.5) is 28.4 Å². The molecule has 0 spiro atoms. The summed E-state index contributed by atoms with van der Waals surface area (Å²) < 4.78 is 0. The SMILES string of the molecule is Cc1cc2c3c(c1)N(c1ccc(-c4ccccc4)cc1)c1cc4c(cc1B3N(c1ccc3c(c1)C(C)(C)CCC3(C)C)c1ccc(-c3ccccc3)cc1-2)C(C)(C)CCC4(C)C. The first-order chi connectivity index (χ1) is 29.6. The van der Waals surface area contributed by atoms with Crippen molar-refractivity contribution < 1.29 is 0 Å². The zero-order chi connectivity index (χ0) is 42.9. The molecule has 0 amide bonds. The third-order valence-corrected chi connectivity index (χ3v) is 15.6. The van der Waals surface area contributed by atoms with Gasteiger partial charge in [0.2, 0.25) is 0 Å². The molecule has 308 valence electrons. The topological polar surface area (TPSA) is 6.48 Å². The summed E-state index contributed by atoms with van der Waals surface area (Å²) in [7, 11) is 0. The van der Waals surface area contributed by atoms with Gasteiger partial charge in [0.05, 0.1) is 0 Å². The van der Waals surface area contributed by atoms with Gasteiger partial charge >= 0.3 is 6.85 Å². The van der Waals surface area contributed by atoms with E-state index in [1.807, 2.05) is 0 Å². The average molecular weight is 807 g/mol. The molecule has 2 aliphatic heterocycles. The zero-order valence-electron chi connectivity index (χ0n) is 38.2. The predicted molar refractivity (Wildman–Crippen MR) is 266 cm³/mol. The van der Waals surface area contributed by atoms with E-state index in [9.17, 15) is 0 Å². The summed E-state index contributed by atoms with van der Waals surface area (Å²) in [4.78, 5) is 5.36. The molecule has 0 N–H and O–H groups in total. The minimum absolute atomic E-state index is 0.0329. The first-order valence-corrected chi connectivity index (χ1v) is 23.0. The number of anilines is 5. The van der Waals surface area contributed by atoms with E-state index in [1.54, 1.807) is 0 Å². The second kappa shape index (κ2) is 13.6. The van der Waals surface area contributed by atoms with Crippen LogP contribution >= 0.6 is 0 Å². The first-order valence-electron chi connectivity index (χ1n) is 23.0. The van der Waals surface area contributed by atoms with Gasteiger partial charge in [0.25, 0.3) is 0 Å². The van der Waals surface area contributed by atoms with Gasteiger partial charge in [-0.1, -0.05) is 152 Å². The number of fused-ring (bicyclic) bond motifs is 6. The highest BCUT2D eigenvalue weighted by Crippen LogP contribution is 2.53. The van der Waals surface area contributed by atoms with E-state index in [1.165, 1.54) is 126 Å². The third-order valence-electron chi connectivity index (χ3n) is 15.6. The smallest absolute Gasteiger partial charge is 0.333 e. The Balaban J connectivity index is 1.23. The van der Waals surface area contributed by atoms with E-state index in [0.29, 0.717) is 0 Å². The number of benzene rings is 7. The van der Waals surface area contributed by atoms with Crippen LogP contribution < -0.4 is 20.6 Å². The van der Waals surface area contributed by atoms with E-state index < -0.39 is 0 Å². The Kier molecular flexibility index (Phi) is 8.57. The summed E-state index contributed by atoms with van der Waals surface area (Å²) in [5.41, 5.74) is 24.3. The predicted octanol–water partition coefficient (Wildman–Crippen LogP) is 14.7. The molecule has 0 aromatic heterocycles. The van der Waals surface area contributed by atoms with Crippen molar-refractivity contribution in [1.29, 1.82) is 0 Å². The maximum atomic E-state index is 2.74. The molecule has 0 saturated heterocycles. The van der Waals surface area contributed by atoms with Gasteiger partial charge in [-0.25, -0.2) is 0 Å². The lowest BCUT2D eigenvalue weighted by molar-refractivity contribution is 0.332. The molecule has 2 nitrogen and oxygen atoms in total. The van der Waals surface area contributed by atoms with Gasteiger partial charge in [-0.3, -0.25) is 0 Å². The van der Waals surface area contributed by atoms with Crippen molar-refractivity contribution in [3.05, 3.63) is 173 Å². The molecule has 2 heterocycles. The molecule has 7 aromatic rings. The molecule has 4 aliphatic rings. The van der Waals surface area contributed by atoms with E-state index in [-0.39, 0.29) is 28.5 Å². The maximum absolute atomic E-state index is 2.74. The van der Waals surface area contributed by atoms with Crippen LogP contribution in [0.3, 0.4) is 0 Å². The molecule has 62 heavy (non-hydrogen) atoms. The van der Waals surface area contributed by atoms with Gasteiger partial charge in [-0.15, -0.1) is 0 Å². The molecular formula is C59H59BN2. The number of hydrogen-bond acceptors (Lipinski definition) is 2.